The summed E-state index contributed by atoms with van der Waals surface area (Å²) in [5, 5.41) is 0. The summed E-state index contributed by atoms with van der Waals surface area (Å²) in [5.74, 6) is -0.380. The Morgan fingerprint density at radius 3 is 2.36 bits per heavy atom. The van der Waals surface area contributed by atoms with E-state index >= 15 is 0 Å². The minimum atomic E-state index is -0.380. The second kappa shape index (κ2) is 8.56. The molecule has 0 aromatic carbocycles. The molecule has 0 aliphatic heterocycles. The number of carbonyl (C=O) groups is 1. The van der Waals surface area contributed by atoms with Gasteiger partial charge in [-0.25, -0.2) is 4.79 Å². The van der Waals surface area contributed by atoms with Gasteiger partial charge in [-0.1, -0.05) is 0 Å². The van der Waals surface area contributed by atoms with Crippen molar-refractivity contribution in [2.45, 2.75) is 20.8 Å². The van der Waals surface area contributed by atoms with Gasteiger partial charge in [-0.05, 0) is 20.8 Å². The summed E-state index contributed by atoms with van der Waals surface area (Å²) < 4.78 is 15.0. The van der Waals surface area contributed by atoms with Crippen LogP contribution in [0.15, 0.2) is 11.8 Å². The second-order valence-electron chi connectivity index (χ2n) is 2.46. The minimum Gasteiger partial charge on any atom is -0.501 e. The first kappa shape index (κ1) is 13.0. The number of rotatable bonds is 7. The summed E-state index contributed by atoms with van der Waals surface area (Å²) in [6.45, 7) is 7.14. The van der Waals surface area contributed by atoms with Crippen LogP contribution in [0, 0.1) is 0 Å². The van der Waals surface area contributed by atoms with Crippen LogP contribution in [0.2, 0.25) is 0 Å². The highest BCUT2D eigenvalue weighted by molar-refractivity contribution is 5.88. The van der Waals surface area contributed by atoms with Crippen molar-refractivity contribution in [3.63, 3.8) is 0 Å². The highest BCUT2D eigenvalue weighted by Gasteiger charge is 2.10. The van der Waals surface area contributed by atoms with Gasteiger partial charge in [-0.2, -0.15) is 0 Å². The van der Waals surface area contributed by atoms with Crippen molar-refractivity contribution in [1.29, 1.82) is 0 Å². The monoisotopic (exact) mass is 202 g/mol. The molecule has 4 nitrogen and oxygen atoms in total. The van der Waals surface area contributed by atoms with Crippen molar-refractivity contribution >= 4 is 5.97 Å². The Balaban J connectivity index is 4.15. The molecule has 4 heteroatoms. The Kier molecular flexibility index (Phi) is 7.93. The standard InChI is InChI=1S/C10H18O4/c1-4-12-7-9(8-13-5-2)10(11)14-6-3/h7H,4-6,8H2,1-3H3. The molecule has 0 fully saturated rings. The normalized spacial score (nSPS) is 11.2. The van der Waals surface area contributed by atoms with Gasteiger partial charge in [0.25, 0.3) is 0 Å². The summed E-state index contributed by atoms with van der Waals surface area (Å²) in [6, 6.07) is 0. The van der Waals surface area contributed by atoms with Gasteiger partial charge in [-0.15, -0.1) is 0 Å². The molecule has 0 aromatic rings. The molecule has 0 aliphatic carbocycles. The fourth-order valence-electron chi connectivity index (χ4n) is 0.761. The van der Waals surface area contributed by atoms with Gasteiger partial charge in [0.15, 0.2) is 0 Å². The van der Waals surface area contributed by atoms with Gasteiger partial charge < -0.3 is 14.2 Å². The molecule has 0 rings (SSSR count). The molecule has 0 atom stereocenters. The fourth-order valence-corrected chi connectivity index (χ4v) is 0.761. The number of carbonyl (C=O) groups excluding carboxylic acids is 1. The summed E-state index contributed by atoms with van der Waals surface area (Å²) in [7, 11) is 0. The third-order valence-corrected chi connectivity index (χ3v) is 1.39. The van der Waals surface area contributed by atoms with Crippen LogP contribution in [0.4, 0.5) is 0 Å². The molecule has 0 heterocycles. The van der Waals surface area contributed by atoms with Gasteiger partial charge in [0.1, 0.15) is 0 Å². The average molecular weight is 202 g/mol. The lowest BCUT2D eigenvalue weighted by atomic mass is 10.3. The molecule has 0 aromatic heterocycles. The molecule has 14 heavy (non-hydrogen) atoms. The summed E-state index contributed by atoms with van der Waals surface area (Å²) >= 11 is 0. The fraction of sp³-hybridized carbons (Fsp3) is 0.700. The predicted octanol–water partition coefficient (Wildman–Crippen LogP) is 1.51. The van der Waals surface area contributed by atoms with E-state index in [-0.39, 0.29) is 12.6 Å². The molecule has 0 saturated carbocycles. The molecular formula is C10H18O4. The Hall–Kier alpha value is -1.03. The topological polar surface area (TPSA) is 44.8 Å². The van der Waals surface area contributed by atoms with Crippen molar-refractivity contribution in [2.75, 3.05) is 26.4 Å². The van der Waals surface area contributed by atoms with E-state index in [2.05, 4.69) is 0 Å². The van der Waals surface area contributed by atoms with E-state index in [0.29, 0.717) is 25.4 Å². The summed E-state index contributed by atoms with van der Waals surface area (Å²) in [6.07, 6.45) is 1.40. The van der Waals surface area contributed by atoms with Crippen molar-refractivity contribution < 1.29 is 19.0 Å². The zero-order valence-corrected chi connectivity index (χ0v) is 9.04. The first-order valence-corrected chi connectivity index (χ1v) is 4.81. The van der Waals surface area contributed by atoms with E-state index in [4.69, 9.17) is 14.2 Å². The maximum absolute atomic E-state index is 11.3. The van der Waals surface area contributed by atoms with Crippen LogP contribution in [0.1, 0.15) is 20.8 Å². The van der Waals surface area contributed by atoms with Crippen molar-refractivity contribution in [2.24, 2.45) is 0 Å². The van der Waals surface area contributed by atoms with E-state index in [9.17, 15) is 4.79 Å². The quantitative estimate of drug-likeness (QED) is 0.356. The zero-order chi connectivity index (χ0) is 10.8. The lowest BCUT2D eigenvalue weighted by Crippen LogP contribution is -2.13. The third kappa shape index (κ3) is 5.59. The van der Waals surface area contributed by atoms with Gasteiger partial charge in [0.05, 0.1) is 31.7 Å². The van der Waals surface area contributed by atoms with Crippen LogP contribution in [0.5, 0.6) is 0 Å². The van der Waals surface area contributed by atoms with Crippen LogP contribution in [0.25, 0.3) is 0 Å². The van der Waals surface area contributed by atoms with Crippen molar-refractivity contribution in [3.05, 3.63) is 11.8 Å². The Morgan fingerprint density at radius 1 is 1.14 bits per heavy atom. The van der Waals surface area contributed by atoms with Crippen LogP contribution < -0.4 is 0 Å². The number of hydrogen-bond acceptors (Lipinski definition) is 4. The largest absolute Gasteiger partial charge is 0.501 e. The van der Waals surface area contributed by atoms with Crippen LogP contribution in [0.3, 0.4) is 0 Å². The van der Waals surface area contributed by atoms with Crippen LogP contribution in [-0.4, -0.2) is 32.4 Å². The van der Waals surface area contributed by atoms with Crippen molar-refractivity contribution in [1.82, 2.24) is 0 Å². The van der Waals surface area contributed by atoms with E-state index in [1.807, 2.05) is 13.8 Å². The minimum absolute atomic E-state index is 0.231. The van der Waals surface area contributed by atoms with E-state index in [0.717, 1.165) is 0 Å². The molecule has 0 bridgehead atoms. The molecule has 82 valence electrons. The van der Waals surface area contributed by atoms with Crippen LogP contribution in [-0.2, 0) is 19.0 Å². The molecule has 0 radical (unpaired) electrons. The lowest BCUT2D eigenvalue weighted by Gasteiger charge is -2.06. The number of hydrogen-bond donors (Lipinski definition) is 0. The zero-order valence-electron chi connectivity index (χ0n) is 9.04. The molecule has 0 N–H and O–H groups in total. The lowest BCUT2D eigenvalue weighted by molar-refractivity contribution is -0.139. The van der Waals surface area contributed by atoms with Crippen molar-refractivity contribution in [3.8, 4) is 0 Å². The molecule has 0 amide bonds. The molecule has 0 saturated heterocycles. The maximum Gasteiger partial charge on any atom is 0.339 e. The van der Waals surface area contributed by atoms with Crippen LogP contribution >= 0.6 is 0 Å². The summed E-state index contributed by atoms with van der Waals surface area (Å²) in [5.41, 5.74) is 0.413. The predicted molar refractivity (Wildman–Crippen MR) is 52.8 cm³/mol. The molecular weight excluding hydrogens is 184 g/mol. The second-order valence-corrected chi connectivity index (χ2v) is 2.46. The Labute approximate surface area is 84.8 Å². The average Bonchev–Trinajstić information content (AvgIpc) is 2.18. The van der Waals surface area contributed by atoms with E-state index < -0.39 is 0 Å². The van der Waals surface area contributed by atoms with Gasteiger partial charge in [-0.3, -0.25) is 0 Å². The third-order valence-electron chi connectivity index (χ3n) is 1.39. The SMILES string of the molecule is CCOC=C(COCC)C(=O)OCC. The molecule has 0 spiro atoms. The van der Waals surface area contributed by atoms with Gasteiger partial charge in [0.2, 0.25) is 0 Å². The smallest absolute Gasteiger partial charge is 0.339 e. The first-order valence-electron chi connectivity index (χ1n) is 4.81. The highest BCUT2D eigenvalue weighted by atomic mass is 16.5. The molecule has 0 aliphatic rings. The first-order chi connectivity index (χ1) is 6.76. The van der Waals surface area contributed by atoms with E-state index in [1.54, 1.807) is 6.92 Å². The van der Waals surface area contributed by atoms with Gasteiger partial charge in [0, 0.05) is 6.61 Å². The Morgan fingerprint density at radius 2 is 1.86 bits per heavy atom. The van der Waals surface area contributed by atoms with Gasteiger partial charge >= 0.3 is 5.97 Å². The Bertz CT molecular complexity index is 187. The number of ether oxygens (including phenoxy) is 3. The summed E-state index contributed by atoms with van der Waals surface area (Å²) in [4.78, 5) is 11.3. The maximum atomic E-state index is 11.3. The molecule has 0 unspecified atom stereocenters. The highest BCUT2D eigenvalue weighted by Crippen LogP contribution is 2.00. The van der Waals surface area contributed by atoms with E-state index in [1.165, 1.54) is 6.26 Å². The number of esters is 1.